The molecule has 1 atom stereocenters. The molecule has 0 bridgehead atoms. The first-order valence-corrected chi connectivity index (χ1v) is 6.52. The fourth-order valence-corrected chi connectivity index (χ4v) is 2.37. The smallest absolute Gasteiger partial charge is 0.0406 e. The van der Waals surface area contributed by atoms with Crippen LogP contribution in [0.3, 0.4) is 0 Å². The molecule has 2 heteroatoms. The van der Waals surface area contributed by atoms with Crippen LogP contribution in [0.2, 0.25) is 5.02 Å². The molecule has 0 spiro atoms. The molecule has 0 aromatic heterocycles. The third-order valence-electron chi connectivity index (χ3n) is 3.30. The summed E-state index contributed by atoms with van der Waals surface area (Å²) >= 11 is 5.86. The Labute approximate surface area is 103 Å². The molecule has 1 aliphatic carbocycles. The first-order valence-electron chi connectivity index (χ1n) is 6.14. The molecule has 1 aromatic rings. The van der Waals surface area contributed by atoms with Gasteiger partial charge in [0.25, 0.3) is 0 Å². The average Bonchev–Trinajstić information content (AvgIpc) is 3.05. The second-order valence-corrected chi connectivity index (χ2v) is 5.55. The minimum Gasteiger partial charge on any atom is -0.309 e. The van der Waals surface area contributed by atoms with E-state index < -0.39 is 0 Å². The zero-order valence-electron chi connectivity index (χ0n) is 10.0. The summed E-state index contributed by atoms with van der Waals surface area (Å²) in [7, 11) is 0. The Kier molecular flexibility index (Phi) is 3.88. The van der Waals surface area contributed by atoms with Crippen molar-refractivity contribution >= 4 is 11.6 Å². The van der Waals surface area contributed by atoms with E-state index in [1.807, 2.05) is 12.1 Å². The van der Waals surface area contributed by atoms with Gasteiger partial charge in [0, 0.05) is 17.6 Å². The van der Waals surface area contributed by atoms with E-state index in [9.17, 15) is 0 Å². The molecule has 0 saturated heterocycles. The van der Waals surface area contributed by atoms with Gasteiger partial charge in [0.15, 0.2) is 0 Å². The van der Waals surface area contributed by atoms with Crippen LogP contribution in [0.1, 0.15) is 32.3 Å². The fourth-order valence-electron chi connectivity index (χ4n) is 2.24. The standard InChI is InChI=1S/C14H20ClN/c1-10(2)14(12-5-6-12)16-9-11-3-7-13(15)8-4-11/h3-4,7-8,10,12,14,16H,5-6,9H2,1-2H3. The first kappa shape index (κ1) is 11.9. The quantitative estimate of drug-likeness (QED) is 0.820. The Morgan fingerprint density at radius 3 is 2.38 bits per heavy atom. The molecule has 1 saturated carbocycles. The highest BCUT2D eigenvalue weighted by Gasteiger charge is 2.32. The number of nitrogens with one attached hydrogen (secondary N) is 1. The molecule has 1 nitrogen and oxygen atoms in total. The summed E-state index contributed by atoms with van der Waals surface area (Å²) in [5.74, 6) is 1.63. The maximum absolute atomic E-state index is 5.86. The first-order chi connectivity index (χ1) is 7.66. The van der Waals surface area contributed by atoms with E-state index in [2.05, 4.69) is 31.3 Å². The minimum atomic E-state index is 0.677. The van der Waals surface area contributed by atoms with Crippen LogP contribution in [0.4, 0.5) is 0 Å². The molecule has 16 heavy (non-hydrogen) atoms. The monoisotopic (exact) mass is 237 g/mol. The summed E-state index contributed by atoms with van der Waals surface area (Å²) in [6, 6.07) is 8.79. The van der Waals surface area contributed by atoms with Crippen molar-refractivity contribution < 1.29 is 0 Å². The van der Waals surface area contributed by atoms with Gasteiger partial charge in [-0.1, -0.05) is 37.6 Å². The van der Waals surface area contributed by atoms with Crippen LogP contribution in [-0.2, 0) is 6.54 Å². The van der Waals surface area contributed by atoms with Gasteiger partial charge < -0.3 is 5.32 Å². The Balaban J connectivity index is 1.87. The van der Waals surface area contributed by atoms with E-state index in [1.165, 1.54) is 18.4 Å². The summed E-state index contributed by atoms with van der Waals surface area (Å²) in [4.78, 5) is 0. The van der Waals surface area contributed by atoms with E-state index in [-0.39, 0.29) is 0 Å². The average molecular weight is 238 g/mol. The van der Waals surface area contributed by atoms with Gasteiger partial charge in [0.1, 0.15) is 0 Å². The lowest BCUT2D eigenvalue weighted by Gasteiger charge is -2.22. The van der Waals surface area contributed by atoms with Gasteiger partial charge in [-0.25, -0.2) is 0 Å². The molecular weight excluding hydrogens is 218 g/mol. The van der Waals surface area contributed by atoms with Crippen molar-refractivity contribution in [1.29, 1.82) is 0 Å². The molecule has 1 unspecified atom stereocenters. The van der Waals surface area contributed by atoms with Gasteiger partial charge in [-0.05, 0) is 42.4 Å². The van der Waals surface area contributed by atoms with Gasteiger partial charge in [0.2, 0.25) is 0 Å². The van der Waals surface area contributed by atoms with Gasteiger partial charge in [-0.3, -0.25) is 0 Å². The second-order valence-electron chi connectivity index (χ2n) is 5.11. The van der Waals surface area contributed by atoms with Crippen molar-refractivity contribution in [3.8, 4) is 0 Å². The summed E-state index contributed by atoms with van der Waals surface area (Å²) in [5.41, 5.74) is 1.32. The predicted molar refractivity (Wildman–Crippen MR) is 69.6 cm³/mol. The molecule has 0 amide bonds. The number of hydrogen-bond donors (Lipinski definition) is 1. The van der Waals surface area contributed by atoms with Crippen LogP contribution in [0, 0.1) is 11.8 Å². The molecule has 1 N–H and O–H groups in total. The van der Waals surface area contributed by atoms with Gasteiger partial charge in [-0.15, -0.1) is 0 Å². The zero-order chi connectivity index (χ0) is 11.5. The van der Waals surface area contributed by atoms with Gasteiger partial charge in [-0.2, -0.15) is 0 Å². The van der Waals surface area contributed by atoms with Crippen molar-refractivity contribution in [2.24, 2.45) is 11.8 Å². The van der Waals surface area contributed by atoms with Gasteiger partial charge in [0.05, 0.1) is 0 Å². The van der Waals surface area contributed by atoms with Crippen molar-refractivity contribution in [1.82, 2.24) is 5.32 Å². The topological polar surface area (TPSA) is 12.0 Å². The number of rotatable bonds is 5. The highest BCUT2D eigenvalue weighted by Crippen LogP contribution is 2.35. The fraction of sp³-hybridized carbons (Fsp3) is 0.571. The zero-order valence-corrected chi connectivity index (χ0v) is 10.8. The highest BCUT2D eigenvalue weighted by atomic mass is 35.5. The van der Waals surface area contributed by atoms with Crippen molar-refractivity contribution in [2.45, 2.75) is 39.3 Å². The molecule has 1 aromatic carbocycles. The minimum absolute atomic E-state index is 0.677. The lowest BCUT2D eigenvalue weighted by atomic mass is 9.99. The highest BCUT2D eigenvalue weighted by molar-refractivity contribution is 6.30. The SMILES string of the molecule is CC(C)C(NCc1ccc(Cl)cc1)C1CC1. The number of halogens is 1. The normalized spacial score (nSPS) is 17.8. The largest absolute Gasteiger partial charge is 0.309 e. The molecular formula is C14H20ClN. The van der Waals surface area contributed by atoms with Crippen molar-refractivity contribution in [2.75, 3.05) is 0 Å². The van der Waals surface area contributed by atoms with E-state index in [0.29, 0.717) is 6.04 Å². The summed E-state index contributed by atoms with van der Waals surface area (Å²) < 4.78 is 0. The Bertz CT molecular complexity index is 325. The third kappa shape index (κ3) is 3.23. The van der Waals surface area contributed by atoms with Crippen LogP contribution < -0.4 is 5.32 Å². The Morgan fingerprint density at radius 1 is 1.25 bits per heavy atom. The van der Waals surface area contributed by atoms with Gasteiger partial charge >= 0.3 is 0 Å². The summed E-state index contributed by atoms with van der Waals surface area (Å²) in [5, 5.41) is 4.49. The Morgan fingerprint density at radius 2 is 1.88 bits per heavy atom. The van der Waals surface area contributed by atoms with E-state index in [0.717, 1.165) is 23.4 Å². The van der Waals surface area contributed by atoms with Crippen LogP contribution in [-0.4, -0.2) is 6.04 Å². The van der Waals surface area contributed by atoms with E-state index >= 15 is 0 Å². The maximum Gasteiger partial charge on any atom is 0.0406 e. The predicted octanol–water partition coefficient (Wildman–Crippen LogP) is 3.86. The van der Waals surface area contributed by atoms with Crippen molar-refractivity contribution in [3.05, 3.63) is 34.9 Å². The van der Waals surface area contributed by atoms with E-state index in [1.54, 1.807) is 0 Å². The summed E-state index contributed by atoms with van der Waals surface area (Å²) in [6.07, 6.45) is 2.80. The molecule has 1 fully saturated rings. The molecule has 0 aliphatic heterocycles. The second kappa shape index (κ2) is 5.20. The lowest BCUT2D eigenvalue weighted by molar-refractivity contribution is 0.359. The van der Waals surface area contributed by atoms with Crippen LogP contribution in [0.15, 0.2) is 24.3 Å². The molecule has 0 radical (unpaired) electrons. The molecule has 88 valence electrons. The van der Waals surface area contributed by atoms with E-state index in [4.69, 9.17) is 11.6 Å². The lowest BCUT2D eigenvalue weighted by Crippen LogP contribution is -2.35. The maximum atomic E-state index is 5.86. The van der Waals surface area contributed by atoms with Crippen LogP contribution in [0.25, 0.3) is 0 Å². The van der Waals surface area contributed by atoms with Crippen LogP contribution in [0.5, 0.6) is 0 Å². The molecule has 0 heterocycles. The Hall–Kier alpha value is -0.530. The molecule has 1 aliphatic rings. The number of hydrogen-bond acceptors (Lipinski definition) is 1. The number of benzene rings is 1. The summed E-state index contributed by atoms with van der Waals surface area (Å²) in [6.45, 7) is 5.56. The molecule has 2 rings (SSSR count). The van der Waals surface area contributed by atoms with Crippen molar-refractivity contribution in [3.63, 3.8) is 0 Å². The third-order valence-corrected chi connectivity index (χ3v) is 3.56. The van der Waals surface area contributed by atoms with Crippen LogP contribution >= 0.6 is 11.6 Å².